The molecule has 0 aliphatic heterocycles. The van der Waals surface area contributed by atoms with E-state index in [1.807, 2.05) is 13.8 Å². The molecule has 0 N–H and O–H groups in total. The van der Waals surface area contributed by atoms with Crippen molar-refractivity contribution in [2.75, 3.05) is 13.2 Å². The van der Waals surface area contributed by atoms with Crippen LogP contribution in [-0.4, -0.2) is 22.0 Å². The van der Waals surface area contributed by atoms with Crippen LogP contribution in [0, 0.1) is 0 Å². The van der Waals surface area contributed by atoms with Gasteiger partial charge in [0.2, 0.25) is 0 Å². The molecule has 0 amide bonds. The van der Waals surface area contributed by atoms with Crippen LogP contribution in [0.5, 0.6) is 11.5 Å². The van der Waals surface area contributed by atoms with Gasteiger partial charge in [0.15, 0.2) is 11.5 Å². The van der Waals surface area contributed by atoms with Crippen LogP contribution < -0.4 is 39.0 Å². The van der Waals surface area contributed by atoms with Crippen molar-refractivity contribution in [1.29, 1.82) is 0 Å². The average molecular weight is 252 g/mol. The van der Waals surface area contributed by atoms with Gasteiger partial charge < -0.3 is 14.0 Å². The molecule has 84 valence electrons. The Kier molecular flexibility index (Phi) is 8.05. The summed E-state index contributed by atoms with van der Waals surface area (Å²) >= 11 is -2.24. The molecule has 0 aliphatic rings. The molecule has 1 atom stereocenters. The van der Waals surface area contributed by atoms with Crippen LogP contribution in [0.25, 0.3) is 0 Å². The van der Waals surface area contributed by atoms with E-state index in [1.54, 1.807) is 6.07 Å². The normalized spacial score (nSPS) is 11.4. The molecule has 6 heteroatoms. The monoisotopic (exact) mass is 252 g/mol. The largest absolute Gasteiger partial charge is 1.00 e. The molecule has 0 radical (unpaired) electrons. The van der Waals surface area contributed by atoms with Crippen molar-refractivity contribution < 1.29 is 47.8 Å². The number of rotatable bonds is 5. The van der Waals surface area contributed by atoms with Crippen LogP contribution in [0.4, 0.5) is 0 Å². The standard InChI is InChI=1S/C10H14O4S.Na/c1-3-13-9-6-5-8(15(11)12)7-10(9)14-4-2;/h5-7H,3-4H2,1-2H3,(H,11,12);/q;+1/p-1. The van der Waals surface area contributed by atoms with E-state index in [0.717, 1.165) is 0 Å². The van der Waals surface area contributed by atoms with Crippen LogP contribution in [0.1, 0.15) is 13.8 Å². The van der Waals surface area contributed by atoms with Gasteiger partial charge in [-0.3, -0.25) is 4.21 Å². The van der Waals surface area contributed by atoms with Crippen LogP contribution in [0.2, 0.25) is 0 Å². The summed E-state index contributed by atoms with van der Waals surface area (Å²) in [5.74, 6) is 1.02. The quantitative estimate of drug-likeness (QED) is 0.484. The predicted molar refractivity (Wildman–Crippen MR) is 56.0 cm³/mol. The molecule has 1 unspecified atom stereocenters. The molecule has 0 spiro atoms. The third kappa shape index (κ3) is 4.43. The van der Waals surface area contributed by atoms with Crippen molar-refractivity contribution in [2.45, 2.75) is 18.7 Å². The molecule has 0 aliphatic carbocycles. The van der Waals surface area contributed by atoms with E-state index in [2.05, 4.69) is 0 Å². The molecule has 1 rings (SSSR count). The molecule has 1 aromatic carbocycles. The molecule has 0 aromatic heterocycles. The van der Waals surface area contributed by atoms with E-state index >= 15 is 0 Å². The van der Waals surface area contributed by atoms with Gasteiger partial charge in [-0.2, -0.15) is 0 Å². The Morgan fingerprint density at radius 2 is 1.75 bits per heavy atom. The van der Waals surface area contributed by atoms with Gasteiger partial charge in [-0.15, -0.1) is 0 Å². The number of ether oxygens (including phenoxy) is 2. The summed E-state index contributed by atoms with van der Waals surface area (Å²) < 4.78 is 32.0. The fourth-order valence-corrected chi connectivity index (χ4v) is 1.52. The summed E-state index contributed by atoms with van der Waals surface area (Å²) in [5, 5.41) is 0. The van der Waals surface area contributed by atoms with Crippen molar-refractivity contribution >= 4 is 11.1 Å². The zero-order valence-corrected chi connectivity index (χ0v) is 12.5. The van der Waals surface area contributed by atoms with Crippen molar-refractivity contribution in [2.24, 2.45) is 0 Å². The second-order valence-corrected chi connectivity index (χ2v) is 3.65. The van der Waals surface area contributed by atoms with E-state index in [4.69, 9.17) is 9.47 Å². The second-order valence-electron chi connectivity index (χ2n) is 2.71. The van der Waals surface area contributed by atoms with E-state index < -0.39 is 11.1 Å². The zero-order valence-electron chi connectivity index (χ0n) is 9.69. The molecule has 0 fully saturated rings. The van der Waals surface area contributed by atoms with Crippen LogP contribution in [0.15, 0.2) is 23.1 Å². The number of hydrogen-bond acceptors (Lipinski definition) is 4. The van der Waals surface area contributed by atoms with Crippen LogP contribution >= 0.6 is 0 Å². The van der Waals surface area contributed by atoms with Crippen LogP contribution in [0.3, 0.4) is 0 Å². The maximum absolute atomic E-state index is 10.7. The third-order valence-electron chi connectivity index (χ3n) is 1.71. The number of hydrogen-bond donors (Lipinski definition) is 0. The predicted octanol–water partition coefficient (Wildman–Crippen LogP) is -1.27. The third-order valence-corrected chi connectivity index (χ3v) is 2.35. The van der Waals surface area contributed by atoms with Gasteiger partial charge in [0, 0.05) is 4.90 Å². The fraction of sp³-hybridized carbons (Fsp3) is 0.400. The first kappa shape index (κ1) is 15.9. The molecule has 0 heterocycles. The Morgan fingerprint density at radius 1 is 1.19 bits per heavy atom. The molecule has 0 saturated heterocycles. The summed E-state index contributed by atoms with van der Waals surface area (Å²) in [6, 6.07) is 4.54. The Hall–Kier alpha value is -0.0700. The first-order valence-electron chi connectivity index (χ1n) is 4.68. The minimum atomic E-state index is -2.24. The first-order valence-corrected chi connectivity index (χ1v) is 5.75. The molecular formula is C10H13NaO4S. The zero-order chi connectivity index (χ0) is 11.3. The van der Waals surface area contributed by atoms with Crippen LogP contribution in [-0.2, 0) is 11.1 Å². The van der Waals surface area contributed by atoms with Crippen molar-refractivity contribution in [1.82, 2.24) is 0 Å². The van der Waals surface area contributed by atoms with Gasteiger partial charge in [0.1, 0.15) is 0 Å². The minimum absolute atomic E-state index is 0. The maximum Gasteiger partial charge on any atom is 1.00 e. The Bertz CT molecular complexity index is 357. The summed E-state index contributed by atoms with van der Waals surface area (Å²) in [6.07, 6.45) is 0. The summed E-state index contributed by atoms with van der Waals surface area (Å²) in [4.78, 5) is 0.196. The van der Waals surface area contributed by atoms with E-state index in [9.17, 15) is 8.76 Å². The Morgan fingerprint density at radius 3 is 2.25 bits per heavy atom. The van der Waals surface area contributed by atoms with Gasteiger partial charge in [0.05, 0.1) is 13.2 Å². The summed E-state index contributed by atoms with van der Waals surface area (Å²) in [6.45, 7) is 4.67. The smallest absolute Gasteiger partial charge is 0.768 e. The minimum Gasteiger partial charge on any atom is -0.768 e. The maximum atomic E-state index is 10.7. The fourth-order valence-electron chi connectivity index (χ4n) is 1.14. The first-order chi connectivity index (χ1) is 7.19. The van der Waals surface area contributed by atoms with E-state index in [-0.39, 0.29) is 34.5 Å². The molecule has 0 saturated carbocycles. The molecule has 0 bridgehead atoms. The van der Waals surface area contributed by atoms with Crippen molar-refractivity contribution in [3.8, 4) is 11.5 Å². The SMILES string of the molecule is CCOc1ccc(S(=O)[O-])cc1OCC.[Na+]. The summed E-state index contributed by atoms with van der Waals surface area (Å²) in [7, 11) is 0. The topological polar surface area (TPSA) is 58.6 Å². The van der Waals surface area contributed by atoms with Gasteiger partial charge in [-0.1, -0.05) is 0 Å². The second kappa shape index (κ2) is 8.08. The number of benzene rings is 1. The van der Waals surface area contributed by atoms with E-state index in [0.29, 0.717) is 24.7 Å². The summed E-state index contributed by atoms with van der Waals surface area (Å²) in [5.41, 5.74) is 0. The Balaban J connectivity index is 0.00000225. The average Bonchev–Trinajstić information content (AvgIpc) is 2.21. The Labute approximate surface area is 120 Å². The van der Waals surface area contributed by atoms with E-state index in [1.165, 1.54) is 12.1 Å². The molecule has 16 heavy (non-hydrogen) atoms. The van der Waals surface area contributed by atoms with Gasteiger partial charge in [-0.05, 0) is 43.1 Å². The van der Waals surface area contributed by atoms with Gasteiger partial charge in [0.25, 0.3) is 0 Å². The molecule has 4 nitrogen and oxygen atoms in total. The molecular weight excluding hydrogens is 239 g/mol. The van der Waals surface area contributed by atoms with Gasteiger partial charge in [-0.25, -0.2) is 0 Å². The van der Waals surface area contributed by atoms with Gasteiger partial charge >= 0.3 is 29.6 Å². The van der Waals surface area contributed by atoms with Crippen molar-refractivity contribution in [3.05, 3.63) is 18.2 Å². The molecule has 1 aromatic rings. The van der Waals surface area contributed by atoms with Crippen molar-refractivity contribution in [3.63, 3.8) is 0 Å².